The number of fused-ring (bicyclic) bond motifs is 1. The molecule has 1 amide bonds. The first-order valence-electron chi connectivity index (χ1n) is 7.99. The topological polar surface area (TPSA) is 32.3 Å². The summed E-state index contributed by atoms with van der Waals surface area (Å²) < 4.78 is 26.6. The fraction of sp³-hybridized carbons (Fsp3) is 0.588. The second kappa shape index (κ2) is 7.58. The number of nitrogens with zero attached hydrogens (tertiary/aromatic N) is 1. The SMILES string of the molecule is CN(Cc1ccc(F)cc1F)C(=O)C1CC2CCCCC2N1.Cl. The molecule has 1 aliphatic heterocycles. The molecule has 1 heterocycles. The van der Waals surface area contributed by atoms with Crippen molar-refractivity contribution in [3.8, 4) is 0 Å². The molecule has 128 valence electrons. The fourth-order valence-electron chi connectivity index (χ4n) is 3.76. The predicted octanol–water partition coefficient (Wildman–Crippen LogP) is 3.27. The number of nitrogens with one attached hydrogen (secondary N) is 1. The van der Waals surface area contributed by atoms with Crippen molar-refractivity contribution in [3.05, 3.63) is 35.4 Å². The molecule has 2 fully saturated rings. The van der Waals surface area contributed by atoms with Crippen molar-refractivity contribution < 1.29 is 13.6 Å². The number of amides is 1. The van der Waals surface area contributed by atoms with Crippen molar-refractivity contribution in [2.75, 3.05) is 7.05 Å². The van der Waals surface area contributed by atoms with Crippen LogP contribution in [-0.4, -0.2) is 29.9 Å². The fourth-order valence-corrected chi connectivity index (χ4v) is 3.76. The Labute approximate surface area is 141 Å². The second-order valence-electron chi connectivity index (χ2n) is 6.54. The molecule has 0 radical (unpaired) electrons. The first-order valence-corrected chi connectivity index (χ1v) is 7.99. The summed E-state index contributed by atoms with van der Waals surface area (Å²) in [4.78, 5) is 14.1. The van der Waals surface area contributed by atoms with Gasteiger partial charge in [-0.15, -0.1) is 12.4 Å². The van der Waals surface area contributed by atoms with Gasteiger partial charge >= 0.3 is 0 Å². The number of rotatable bonds is 3. The highest BCUT2D eigenvalue weighted by molar-refractivity contribution is 5.85. The molecule has 3 unspecified atom stereocenters. The minimum Gasteiger partial charge on any atom is -0.340 e. The molecule has 2 aliphatic rings. The maximum atomic E-state index is 13.7. The summed E-state index contributed by atoms with van der Waals surface area (Å²) in [6.07, 6.45) is 5.69. The standard InChI is InChI=1S/C17H22F2N2O.ClH/c1-21(10-12-6-7-13(18)9-14(12)19)17(22)16-8-11-4-2-3-5-15(11)20-16;/h6-7,9,11,15-16,20H,2-5,8,10H2,1H3;1H. The maximum absolute atomic E-state index is 13.7. The van der Waals surface area contributed by atoms with Gasteiger partial charge in [0.2, 0.25) is 5.91 Å². The normalized spacial score (nSPS) is 26.3. The van der Waals surface area contributed by atoms with Crippen LogP contribution in [0.4, 0.5) is 8.78 Å². The lowest BCUT2D eigenvalue weighted by Gasteiger charge is -2.24. The molecule has 1 aliphatic carbocycles. The van der Waals surface area contributed by atoms with Gasteiger partial charge in [-0.25, -0.2) is 8.78 Å². The van der Waals surface area contributed by atoms with Crippen LogP contribution in [0.3, 0.4) is 0 Å². The Balaban J connectivity index is 0.00000192. The zero-order chi connectivity index (χ0) is 15.7. The maximum Gasteiger partial charge on any atom is 0.239 e. The van der Waals surface area contributed by atoms with Gasteiger partial charge in [-0.2, -0.15) is 0 Å². The Kier molecular flexibility index (Phi) is 5.98. The van der Waals surface area contributed by atoms with Crippen LogP contribution < -0.4 is 5.32 Å². The Morgan fingerprint density at radius 2 is 2.04 bits per heavy atom. The van der Waals surface area contributed by atoms with Crippen LogP contribution in [0.5, 0.6) is 0 Å². The van der Waals surface area contributed by atoms with E-state index in [-0.39, 0.29) is 30.9 Å². The van der Waals surface area contributed by atoms with Crippen molar-refractivity contribution in [2.24, 2.45) is 5.92 Å². The Morgan fingerprint density at radius 1 is 1.30 bits per heavy atom. The summed E-state index contributed by atoms with van der Waals surface area (Å²) in [6, 6.07) is 3.77. The van der Waals surface area contributed by atoms with Crippen LogP contribution in [0.15, 0.2) is 18.2 Å². The van der Waals surface area contributed by atoms with Gasteiger partial charge in [0.15, 0.2) is 0 Å². The second-order valence-corrected chi connectivity index (χ2v) is 6.54. The molecular weight excluding hydrogens is 322 g/mol. The van der Waals surface area contributed by atoms with Crippen LogP contribution in [-0.2, 0) is 11.3 Å². The van der Waals surface area contributed by atoms with E-state index in [0.717, 1.165) is 18.9 Å². The van der Waals surface area contributed by atoms with Crippen LogP contribution in [0.2, 0.25) is 0 Å². The molecular formula is C17H23ClF2N2O. The number of carbonyl (C=O) groups is 1. The molecule has 6 heteroatoms. The van der Waals surface area contributed by atoms with Crippen LogP contribution >= 0.6 is 12.4 Å². The predicted molar refractivity (Wildman–Crippen MR) is 87.4 cm³/mol. The van der Waals surface area contributed by atoms with Gasteiger partial charge in [0, 0.05) is 31.3 Å². The van der Waals surface area contributed by atoms with Gasteiger partial charge in [-0.3, -0.25) is 4.79 Å². The molecule has 1 saturated carbocycles. The number of benzene rings is 1. The van der Waals surface area contributed by atoms with Crippen molar-refractivity contribution in [3.63, 3.8) is 0 Å². The summed E-state index contributed by atoms with van der Waals surface area (Å²) in [6.45, 7) is 0.165. The molecule has 0 bridgehead atoms. The average Bonchev–Trinajstić information content (AvgIpc) is 2.93. The Hall–Kier alpha value is -1.20. The molecule has 3 atom stereocenters. The van der Waals surface area contributed by atoms with E-state index in [9.17, 15) is 13.6 Å². The minimum atomic E-state index is -0.604. The van der Waals surface area contributed by atoms with E-state index in [2.05, 4.69) is 5.32 Å². The van der Waals surface area contributed by atoms with Crippen molar-refractivity contribution in [2.45, 2.75) is 50.7 Å². The quantitative estimate of drug-likeness (QED) is 0.912. The van der Waals surface area contributed by atoms with Crippen LogP contribution in [0.25, 0.3) is 0 Å². The van der Waals surface area contributed by atoms with Crippen LogP contribution in [0, 0.1) is 17.6 Å². The number of carbonyl (C=O) groups excluding carboxylic acids is 1. The summed E-state index contributed by atoms with van der Waals surface area (Å²) in [5.41, 5.74) is 0.340. The lowest BCUT2D eigenvalue weighted by atomic mass is 9.85. The highest BCUT2D eigenvalue weighted by atomic mass is 35.5. The van der Waals surface area contributed by atoms with Gasteiger partial charge in [-0.05, 0) is 31.2 Å². The Bertz CT molecular complexity index is 556. The van der Waals surface area contributed by atoms with E-state index in [0.29, 0.717) is 17.5 Å². The number of hydrogen-bond donors (Lipinski definition) is 1. The Morgan fingerprint density at radius 3 is 2.74 bits per heavy atom. The molecule has 0 spiro atoms. The molecule has 23 heavy (non-hydrogen) atoms. The van der Waals surface area contributed by atoms with Crippen molar-refractivity contribution in [1.29, 1.82) is 0 Å². The first-order chi connectivity index (χ1) is 10.5. The van der Waals surface area contributed by atoms with Gasteiger partial charge in [0.05, 0.1) is 6.04 Å². The number of likely N-dealkylation sites (N-methyl/N-ethyl adjacent to an activating group) is 1. The lowest BCUT2D eigenvalue weighted by Crippen LogP contribution is -2.43. The van der Waals surface area contributed by atoms with Crippen LogP contribution in [0.1, 0.15) is 37.7 Å². The monoisotopic (exact) mass is 344 g/mol. The van der Waals surface area contributed by atoms with Crippen molar-refractivity contribution >= 4 is 18.3 Å². The third-order valence-electron chi connectivity index (χ3n) is 4.96. The highest BCUT2D eigenvalue weighted by Crippen LogP contribution is 2.33. The summed E-state index contributed by atoms with van der Waals surface area (Å²) in [5.74, 6) is -0.610. The zero-order valence-corrected chi connectivity index (χ0v) is 14.0. The van der Waals surface area contributed by atoms with E-state index >= 15 is 0 Å². The summed E-state index contributed by atoms with van der Waals surface area (Å²) in [7, 11) is 1.68. The average molecular weight is 345 g/mol. The number of hydrogen-bond acceptors (Lipinski definition) is 2. The van der Waals surface area contributed by atoms with Gasteiger partial charge < -0.3 is 10.2 Å². The third kappa shape index (κ3) is 4.01. The van der Waals surface area contributed by atoms with E-state index in [1.807, 2.05) is 0 Å². The summed E-state index contributed by atoms with van der Waals surface area (Å²) in [5, 5.41) is 3.44. The van der Waals surface area contributed by atoms with Gasteiger partial charge in [0.25, 0.3) is 0 Å². The smallest absolute Gasteiger partial charge is 0.239 e. The molecule has 3 nitrogen and oxygen atoms in total. The summed E-state index contributed by atoms with van der Waals surface area (Å²) >= 11 is 0. The number of halogens is 3. The van der Waals surface area contributed by atoms with Gasteiger partial charge in [-0.1, -0.05) is 18.9 Å². The largest absolute Gasteiger partial charge is 0.340 e. The highest BCUT2D eigenvalue weighted by Gasteiger charge is 2.39. The zero-order valence-electron chi connectivity index (χ0n) is 13.2. The minimum absolute atomic E-state index is 0. The third-order valence-corrected chi connectivity index (χ3v) is 4.96. The molecule has 0 aromatic heterocycles. The first kappa shape index (κ1) is 18.1. The van der Waals surface area contributed by atoms with Crippen molar-refractivity contribution in [1.82, 2.24) is 10.2 Å². The van der Waals surface area contributed by atoms with E-state index in [4.69, 9.17) is 0 Å². The van der Waals surface area contributed by atoms with Gasteiger partial charge in [0.1, 0.15) is 11.6 Å². The molecule has 1 aromatic carbocycles. The lowest BCUT2D eigenvalue weighted by molar-refractivity contribution is -0.132. The molecule has 1 saturated heterocycles. The van der Waals surface area contributed by atoms with E-state index < -0.39 is 11.6 Å². The molecule has 3 rings (SSSR count). The van der Waals surface area contributed by atoms with E-state index in [1.54, 1.807) is 7.05 Å². The van der Waals surface area contributed by atoms with E-state index in [1.165, 1.54) is 36.3 Å². The molecule has 1 N–H and O–H groups in total. The molecule has 1 aromatic rings.